The van der Waals surface area contributed by atoms with Gasteiger partial charge in [0.2, 0.25) is 10.0 Å². The molecule has 2 aromatic rings. The predicted molar refractivity (Wildman–Crippen MR) is 119 cm³/mol. The first-order valence-electron chi connectivity index (χ1n) is 9.57. The number of ether oxygens (including phenoxy) is 2. The van der Waals surface area contributed by atoms with Crippen LogP contribution in [-0.4, -0.2) is 42.4 Å². The van der Waals surface area contributed by atoms with Gasteiger partial charge in [0.15, 0.2) is 10.7 Å². The maximum atomic E-state index is 12.6. The summed E-state index contributed by atoms with van der Waals surface area (Å²) in [7, 11) is -6.66. The quantitative estimate of drug-likeness (QED) is 0.495. The molecular formula is C20H24BrNO6S2. The van der Waals surface area contributed by atoms with E-state index in [-0.39, 0.29) is 22.8 Å². The van der Waals surface area contributed by atoms with Gasteiger partial charge in [-0.15, -0.1) is 0 Å². The molecule has 0 aromatic heterocycles. The average molecular weight is 518 g/mol. The molecule has 0 atom stereocenters. The van der Waals surface area contributed by atoms with E-state index in [4.69, 9.17) is 9.47 Å². The fourth-order valence-corrected chi connectivity index (χ4v) is 5.23. The Hall–Kier alpha value is -1.62. The molecule has 1 aliphatic rings. The van der Waals surface area contributed by atoms with Crippen molar-refractivity contribution in [3.63, 3.8) is 0 Å². The molecule has 10 heteroatoms. The van der Waals surface area contributed by atoms with Gasteiger partial charge in [-0.25, -0.2) is 16.8 Å². The fraction of sp³-hybridized carbons (Fsp3) is 0.400. The number of hydrogen-bond donors (Lipinski definition) is 2. The fourth-order valence-electron chi connectivity index (χ4n) is 3.17. The van der Waals surface area contributed by atoms with Crippen LogP contribution in [0.3, 0.4) is 0 Å². The maximum Gasteiger partial charge on any atom is 0.233 e. The minimum absolute atomic E-state index is 0.0554. The Morgan fingerprint density at radius 1 is 1.13 bits per heavy atom. The third-order valence-electron chi connectivity index (χ3n) is 4.85. The van der Waals surface area contributed by atoms with Crippen LogP contribution in [0.25, 0.3) is 0 Å². The lowest BCUT2D eigenvalue weighted by molar-refractivity contribution is 0.0496. The number of halogens is 1. The average Bonchev–Trinajstić information content (AvgIpc) is 2.72. The Labute approximate surface area is 186 Å². The highest BCUT2D eigenvalue weighted by Crippen LogP contribution is 2.27. The van der Waals surface area contributed by atoms with E-state index in [2.05, 4.69) is 20.7 Å². The number of benzene rings is 2. The Kier molecular flexibility index (Phi) is 8.15. The minimum atomic E-state index is -3.75. The van der Waals surface area contributed by atoms with Crippen molar-refractivity contribution in [1.82, 2.24) is 0 Å². The minimum Gasteiger partial charge on any atom is -0.493 e. The molecule has 7 nitrogen and oxygen atoms in total. The van der Waals surface area contributed by atoms with E-state index in [9.17, 15) is 16.8 Å². The first-order valence-corrected chi connectivity index (χ1v) is 13.2. The molecule has 1 saturated heterocycles. The van der Waals surface area contributed by atoms with Crippen LogP contribution in [0.15, 0.2) is 51.8 Å². The number of anilines is 1. The van der Waals surface area contributed by atoms with Crippen LogP contribution in [0.5, 0.6) is 5.75 Å². The van der Waals surface area contributed by atoms with Gasteiger partial charge in [-0.2, -0.15) is 0 Å². The smallest absolute Gasteiger partial charge is 0.233 e. The summed E-state index contributed by atoms with van der Waals surface area (Å²) >= 11 is 3.43. The van der Waals surface area contributed by atoms with E-state index >= 15 is 0 Å². The zero-order valence-corrected chi connectivity index (χ0v) is 19.5. The van der Waals surface area contributed by atoms with Crippen LogP contribution in [0.4, 0.5) is 5.69 Å². The third kappa shape index (κ3) is 6.69. The molecule has 30 heavy (non-hydrogen) atoms. The standard InChI is InChI=1S/C20H24BrNO6S2/c21-17-6-5-16(19(13-17)28-14-15-7-10-27-11-8-15)9-12-30(25,26)22-18-3-1-2-4-20(18)29(23)24/h1-6,13,15,22,29H,7-12,14H2. The molecule has 3 rings (SSSR count). The predicted octanol–water partition coefficient (Wildman–Crippen LogP) is 3.21. The summed E-state index contributed by atoms with van der Waals surface area (Å²) in [5.41, 5.74) is 0.833. The van der Waals surface area contributed by atoms with E-state index in [0.717, 1.165) is 36.1 Å². The second-order valence-corrected chi connectivity index (χ2v) is 10.8. The molecule has 0 radical (unpaired) electrons. The highest BCUT2D eigenvalue weighted by atomic mass is 79.9. The Morgan fingerprint density at radius 2 is 1.87 bits per heavy atom. The van der Waals surface area contributed by atoms with E-state index < -0.39 is 20.7 Å². The molecular weight excluding hydrogens is 494 g/mol. The van der Waals surface area contributed by atoms with Gasteiger partial charge in [-0.1, -0.05) is 34.1 Å². The largest absolute Gasteiger partial charge is 0.493 e. The van der Waals surface area contributed by atoms with Gasteiger partial charge in [-0.3, -0.25) is 4.72 Å². The second-order valence-electron chi connectivity index (χ2n) is 7.06. The zero-order chi connectivity index (χ0) is 21.6. The van der Waals surface area contributed by atoms with Crippen molar-refractivity contribution in [3.8, 4) is 5.75 Å². The van der Waals surface area contributed by atoms with Gasteiger partial charge in [-0.05, 0) is 55.0 Å². The molecule has 164 valence electrons. The van der Waals surface area contributed by atoms with Crippen molar-refractivity contribution in [2.24, 2.45) is 5.92 Å². The summed E-state index contributed by atoms with van der Waals surface area (Å²) in [5, 5.41) is 0. The van der Waals surface area contributed by atoms with E-state index in [1.807, 2.05) is 18.2 Å². The van der Waals surface area contributed by atoms with Crippen molar-refractivity contribution in [1.29, 1.82) is 0 Å². The molecule has 1 fully saturated rings. The molecule has 1 heterocycles. The first kappa shape index (κ1) is 23.1. The Morgan fingerprint density at radius 3 is 2.60 bits per heavy atom. The van der Waals surface area contributed by atoms with Crippen LogP contribution in [0.2, 0.25) is 0 Å². The molecule has 0 spiro atoms. The zero-order valence-electron chi connectivity index (χ0n) is 16.3. The van der Waals surface area contributed by atoms with Crippen molar-refractivity contribution in [2.75, 3.05) is 30.3 Å². The summed E-state index contributed by atoms with van der Waals surface area (Å²) in [5.74, 6) is 0.863. The van der Waals surface area contributed by atoms with Gasteiger partial charge >= 0.3 is 0 Å². The number of hydrogen-bond acceptors (Lipinski definition) is 6. The molecule has 0 aliphatic carbocycles. The van der Waals surface area contributed by atoms with Gasteiger partial charge in [0.1, 0.15) is 5.75 Å². The summed E-state index contributed by atoms with van der Waals surface area (Å²) in [6, 6.07) is 11.4. The van der Waals surface area contributed by atoms with Crippen molar-refractivity contribution in [3.05, 3.63) is 52.5 Å². The number of para-hydroxylation sites is 1. The topological polar surface area (TPSA) is 98.8 Å². The van der Waals surface area contributed by atoms with Crippen molar-refractivity contribution >= 4 is 42.3 Å². The summed E-state index contributed by atoms with van der Waals surface area (Å²) in [6.07, 6.45) is 2.13. The van der Waals surface area contributed by atoms with Crippen molar-refractivity contribution in [2.45, 2.75) is 24.2 Å². The SMILES string of the molecule is O=[SH](=O)c1ccccc1NS(=O)(=O)CCc1ccc(Br)cc1OCC1CCOCC1. The van der Waals surface area contributed by atoms with Crippen LogP contribution in [0, 0.1) is 5.92 Å². The molecule has 1 N–H and O–H groups in total. The molecule has 0 saturated carbocycles. The summed E-state index contributed by atoms with van der Waals surface area (Å²) < 4.78 is 62.4. The molecule has 2 aromatic carbocycles. The van der Waals surface area contributed by atoms with Gasteiger partial charge < -0.3 is 9.47 Å². The monoisotopic (exact) mass is 517 g/mol. The normalized spacial score (nSPS) is 15.3. The van der Waals surface area contributed by atoms with Gasteiger partial charge in [0.05, 0.1) is 22.9 Å². The third-order valence-corrected chi connectivity index (χ3v) is 7.40. The lowest BCUT2D eigenvalue weighted by atomic mass is 10.0. The summed E-state index contributed by atoms with van der Waals surface area (Å²) in [6.45, 7) is 2.03. The second kappa shape index (κ2) is 10.6. The lowest BCUT2D eigenvalue weighted by Crippen LogP contribution is -2.22. The van der Waals surface area contributed by atoms with Crippen LogP contribution < -0.4 is 9.46 Å². The highest BCUT2D eigenvalue weighted by Gasteiger charge is 2.18. The van der Waals surface area contributed by atoms with Crippen LogP contribution in [0.1, 0.15) is 18.4 Å². The molecule has 0 unspecified atom stereocenters. The molecule has 0 bridgehead atoms. The lowest BCUT2D eigenvalue weighted by Gasteiger charge is -2.23. The summed E-state index contributed by atoms with van der Waals surface area (Å²) in [4.78, 5) is -0.0554. The number of thiol groups is 1. The van der Waals surface area contributed by atoms with Gasteiger partial charge in [0.25, 0.3) is 0 Å². The number of aryl methyl sites for hydroxylation is 1. The van der Waals surface area contributed by atoms with E-state index in [1.165, 1.54) is 12.1 Å². The Balaban J connectivity index is 1.67. The van der Waals surface area contributed by atoms with Gasteiger partial charge in [0, 0.05) is 17.7 Å². The maximum absolute atomic E-state index is 12.6. The van der Waals surface area contributed by atoms with Crippen LogP contribution in [-0.2, 0) is 31.9 Å². The van der Waals surface area contributed by atoms with E-state index in [0.29, 0.717) is 18.3 Å². The highest BCUT2D eigenvalue weighted by molar-refractivity contribution is 9.10. The van der Waals surface area contributed by atoms with E-state index in [1.54, 1.807) is 12.1 Å². The molecule has 1 aliphatic heterocycles. The van der Waals surface area contributed by atoms with Crippen molar-refractivity contribution < 1.29 is 26.3 Å². The first-order chi connectivity index (χ1) is 14.3. The molecule has 0 amide bonds. The number of rotatable bonds is 9. The number of nitrogens with one attached hydrogen (secondary N) is 1. The van der Waals surface area contributed by atoms with Crippen LogP contribution >= 0.6 is 15.9 Å². The Bertz CT molecular complexity index is 1040. The number of sulfonamides is 1.